The van der Waals surface area contributed by atoms with E-state index in [1.807, 2.05) is 0 Å². The standard InChI is InChI=1S/C18H36N2.2ClH/c1-7-19(8-2)13-17-11-15(5)16(6)12-18(17)14-20(9-3)10-4;;/h17-18H,7-14H2,1-6H3;2*1H/t17-,18-;;/m0../s1. The highest BCUT2D eigenvalue weighted by atomic mass is 35.5. The lowest BCUT2D eigenvalue weighted by molar-refractivity contribution is 0.149. The minimum absolute atomic E-state index is 0. The van der Waals surface area contributed by atoms with Crippen molar-refractivity contribution in [1.82, 2.24) is 9.80 Å². The van der Waals surface area contributed by atoms with Crippen molar-refractivity contribution < 1.29 is 0 Å². The summed E-state index contributed by atoms with van der Waals surface area (Å²) < 4.78 is 0. The number of halogens is 2. The molecule has 0 heterocycles. The van der Waals surface area contributed by atoms with Gasteiger partial charge in [0.1, 0.15) is 0 Å². The summed E-state index contributed by atoms with van der Waals surface area (Å²) in [4.78, 5) is 5.21. The Labute approximate surface area is 151 Å². The molecule has 0 spiro atoms. The molecule has 0 fully saturated rings. The van der Waals surface area contributed by atoms with Crippen LogP contribution < -0.4 is 0 Å². The van der Waals surface area contributed by atoms with E-state index in [0.29, 0.717) is 0 Å². The van der Waals surface area contributed by atoms with E-state index in [1.54, 1.807) is 11.1 Å². The quantitative estimate of drug-likeness (QED) is 0.574. The first-order valence-corrected chi connectivity index (χ1v) is 8.65. The van der Waals surface area contributed by atoms with Gasteiger partial charge in [0, 0.05) is 13.1 Å². The van der Waals surface area contributed by atoms with E-state index in [2.05, 4.69) is 51.3 Å². The summed E-state index contributed by atoms with van der Waals surface area (Å²) in [5.74, 6) is 1.69. The van der Waals surface area contributed by atoms with Crippen LogP contribution in [0.5, 0.6) is 0 Å². The predicted molar refractivity (Wildman–Crippen MR) is 105 cm³/mol. The molecule has 0 saturated heterocycles. The van der Waals surface area contributed by atoms with Crippen LogP contribution in [0.2, 0.25) is 0 Å². The Kier molecular flexibility index (Phi) is 14.1. The lowest BCUT2D eigenvalue weighted by Gasteiger charge is -2.38. The molecule has 0 N–H and O–H groups in total. The fourth-order valence-corrected chi connectivity index (χ4v) is 3.52. The van der Waals surface area contributed by atoms with Crippen molar-refractivity contribution in [2.45, 2.75) is 54.4 Å². The molecular weight excluding hydrogens is 315 g/mol. The van der Waals surface area contributed by atoms with Gasteiger partial charge in [-0.1, -0.05) is 38.8 Å². The minimum atomic E-state index is 0. The summed E-state index contributed by atoms with van der Waals surface area (Å²) in [5.41, 5.74) is 3.30. The Balaban J connectivity index is 0. The highest BCUT2D eigenvalue weighted by Gasteiger charge is 2.29. The van der Waals surface area contributed by atoms with Crippen molar-refractivity contribution >= 4 is 24.8 Å². The van der Waals surface area contributed by atoms with Crippen LogP contribution >= 0.6 is 24.8 Å². The molecule has 0 aromatic carbocycles. The number of rotatable bonds is 8. The topological polar surface area (TPSA) is 6.48 Å². The van der Waals surface area contributed by atoms with Crippen LogP contribution in [0.4, 0.5) is 0 Å². The van der Waals surface area contributed by atoms with Gasteiger partial charge < -0.3 is 9.80 Å². The van der Waals surface area contributed by atoms with Gasteiger partial charge in [-0.25, -0.2) is 0 Å². The van der Waals surface area contributed by atoms with Gasteiger partial charge in [-0.15, -0.1) is 24.8 Å². The van der Waals surface area contributed by atoms with Crippen LogP contribution in [0.15, 0.2) is 11.1 Å². The summed E-state index contributed by atoms with van der Waals surface area (Å²) in [6.45, 7) is 21.2. The first kappa shape index (κ1) is 24.5. The van der Waals surface area contributed by atoms with Crippen LogP contribution in [-0.2, 0) is 0 Å². The van der Waals surface area contributed by atoms with Gasteiger partial charge in [0.2, 0.25) is 0 Å². The first-order valence-electron chi connectivity index (χ1n) is 8.65. The van der Waals surface area contributed by atoms with Crippen LogP contribution in [-0.4, -0.2) is 49.1 Å². The average molecular weight is 353 g/mol. The summed E-state index contributed by atoms with van der Waals surface area (Å²) in [5, 5.41) is 0. The van der Waals surface area contributed by atoms with E-state index >= 15 is 0 Å². The lowest BCUT2D eigenvalue weighted by Crippen LogP contribution is -2.40. The predicted octanol–water partition coefficient (Wildman–Crippen LogP) is 4.88. The van der Waals surface area contributed by atoms with Crippen LogP contribution in [0, 0.1) is 11.8 Å². The maximum Gasteiger partial charge on any atom is 0.00157 e. The Bertz CT molecular complexity index is 280. The number of nitrogens with zero attached hydrogens (tertiary/aromatic N) is 2. The van der Waals surface area contributed by atoms with Crippen molar-refractivity contribution in [3.63, 3.8) is 0 Å². The normalized spacial score (nSPS) is 21.8. The molecule has 22 heavy (non-hydrogen) atoms. The fourth-order valence-electron chi connectivity index (χ4n) is 3.52. The molecule has 1 rings (SSSR count). The van der Waals surface area contributed by atoms with Gasteiger partial charge in [0.15, 0.2) is 0 Å². The monoisotopic (exact) mass is 352 g/mol. The second-order valence-electron chi connectivity index (χ2n) is 6.46. The smallest absolute Gasteiger partial charge is 0.00157 e. The molecule has 0 bridgehead atoms. The Morgan fingerprint density at radius 1 is 0.682 bits per heavy atom. The van der Waals surface area contributed by atoms with Gasteiger partial charge in [-0.3, -0.25) is 0 Å². The zero-order valence-corrected chi connectivity index (χ0v) is 17.2. The van der Waals surface area contributed by atoms with Gasteiger partial charge in [-0.05, 0) is 64.7 Å². The SMILES string of the molecule is CCN(CC)C[C@@H]1CC(C)=C(C)C[C@H]1CN(CC)CC.Cl.Cl. The van der Waals surface area contributed by atoms with E-state index < -0.39 is 0 Å². The molecule has 0 saturated carbocycles. The molecule has 0 unspecified atom stereocenters. The Hall–Kier alpha value is 0.240. The highest BCUT2D eigenvalue weighted by Crippen LogP contribution is 2.35. The molecule has 0 aromatic heterocycles. The maximum absolute atomic E-state index is 2.60. The van der Waals surface area contributed by atoms with Crippen molar-refractivity contribution in [3.8, 4) is 0 Å². The van der Waals surface area contributed by atoms with Gasteiger partial charge in [0.25, 0.3) is 0 Å². The van der Waals surface area contributed by atoms with E-state index in [9.17, 15) is 0 Å². The molecule has 4 heteroatoms. The second-order valence-corrected chi connectivity index (χ2v) is 6.46. The van der Waals surface area contributed by atoms with Gasteiger partial charge in [-0.2, -0.15) is 0 Å². The average Bonchev–Trinajstić information content (AvgIpc) is 2.46. The molecule has 1 aliphatic rings. The maximum atomic E-state index is 2.60. The first-order chi connectivity index (χ1) is 9.55. The summed E-state index contributed by atoms with van der Waals surface area (Å²) in [6.07, 6.45) is 2.63. The molecule has 0 radical (unpaired) electrons. The molecular formula is C18H38Cl2N2. The van der Waals surface area contributed by atoms with Crippen molar-refractivity contribution in [2.24, 2.45) is 11.8 Å². The van der Waals surface area contributed by atoms with E-state index in [0.717, 1.165) is 11.8 Å². The molecule has 1 aliphatic carbocycles. The minimum Gasteiger partial charge on any atom is -0.304 e. The summed E-state index contributed by atoms with van der Waals surface area (Å²) in [7, 11) is 0. The van der Waals surface area contributed by atoms with E-state index in [-0.39, 0.29) is 24.8 Å². The van der Waals surface area contributed by atoms with Crippen molar-refractivity contribution in [2.75, 3.05) is 39.3 Å². The summed E-state index contributed by atoms with van der Waals surface area (Å²) >= 11 is 0. The molecule has 0 aliphatic heterocycles. The Morgan fingerprint density at radius 3 is 1.18 bits per heavy atom. The van der Waals surface area contributed by atoms with Crippen LogP contribution in [0.1, 0.15) is 54.4 Å². The second kappa shape index (κ2) is 12.6. The third-order valence-electron chi connectivity index (χ3n) is 5.31. The molecule has 2 nitrogen and oxygen atoms in total. The van der Waals surface area contributed by atoms with Crippen molar-refractivity contribution in [1.29, 1.82) is 0 Å². The van der Waals surface area contributed by atoms with E-state index in [4.69, 9.17) is 0 Å². The number of hydrogen-bond acceptors (Lipinski definition) is 2. The molecule has 0 amide bonds. The fraction of sp³-hybridized carbons (Fsp3) is 0.889. The Morgan fingerprint density at radius 2 is 0.955 bits per heavy atom. The largest absolute Gasteiger partial charge is 0.304 e. The third kappa shape index (κ3) is 7.21. The number of hydrogen-bond donors (Lipinski definition) is 0. The number of allylic oxidation sites excluding steroid dienone is 2. The zero-order valence-electron chi connectivity index (χ0n) is 15.5. The lowest BCUT2D eigenvalue weighted by atomic mass is 9.76. The van der Waals surface area contributed by atoms with E-state index in [1.165, 1.54) is 52.1 Å². The van der Waals surface area contributed by atoms with Crippen molar-refractivity contribution in [3.05, 3.63) is 11.1 Å². The molecule has 134 valence electrons. The zero-order chi connectivity index (χ0) is 15.1. The third-order valence-corrected chi connectivity index (χ3v) is 5.31. The van der Waals surface area contributed by atoms with Crippen LogP contribution in [0.25, 0.3) is 0 Å². The summed E-state index contributed by atoms with van der Waals surface area (Å²) in [6, 6.07) is 0. The highest BCUT2D eigenvalue weighted by molar-refractivity contribution is 5.85. The van der Waals surface area contributed by atoms with Crippen LogP contribution in [0.3, 0.4) is 0 Å². The molecule has 2 atom stereocenters. The molecule has 0 aromatic rings. The van der Waals surface area contributed by atoms with Gasteiger partial charge >= 0.3 is 0 Å². The van der Waals surface area contributed by atoms with Gasteiger partial charge in [0.05, 0.1) is 0 Å².